The number of aromatic hydroxyl groups is 1. The Hall–Kier alpha value is -4.66. The molecule has 0 aliphatic carbocycles. The average Bonchev–Trinajstić information content (AvgIpc) is 3.21. The number of aliphatic carboxylic acids is 1. The molecule has 0 amide bonds. The molecule has 9 nitrogen and oxygen atoms in total. The molecule has 0 spiro atoms. The number of hydrogen-bond donors (Lipinski definition) is 5. The Bertz CT molecular complexity index is 1420. The van der Waals surface area contributed by atoms with Crippen molar-refractivity contribution < 1.29 is 19.9 Å². The first-order chi connectivity index (χ1) is 15.7. The molecule has 0 saturated carbocycles. The van der Waals surface area contributed by atoms with Gasteiger partial charge in [0.15, 0.2) is 0 Å². The van der Waals surface area contributed by atoms with Crippen molar-refractivity contribution in [2.75, 3.05) is 0 Å². The van der Waals surface area contributed by atoms with E-state index in [9.17, 15) is 20.0 Å². The highest BCUT2D eigenvalue weighted by molar-refractivity contribution is 6.00. The van der Waals surface area contributed by atoms with Crippen LogP contribution in [0.3, 0.4) is 0 Å². The molecule has 0 fully saturated rings. The van der Waals surface area contributed by atoms with Crippen LogP contribution in [0.15, 0.2) is 60.7 Å². The van der Waals surface area contributed by atoms with E-state index in [0.717, 1.165) is 10.9 Å². The predicted octanol–water partition coefficient (Wildman–Crippen LogP) is 4.42. The van der Waals surface area contributed by atoms with Crippen LogP contribution >= 0.6 is 0 Å². The van der Waals surface area contributed by atoms with Crippen molar-refractivity contribution >= 4 is 28.4 Å². The minimum atomic E-state index is -0.955. The molecule has 166 valence electrons. The molecular weight excluding hydrogens is 424 g/mol. The van der Waals surface area contributed by atoms with Crippen LogP contribution in [0.25, 0.3) is 33.3 Å². The number of carbonyl (C=O) groups is 1. The monoisotopic (exact) mass is 444 g/mol. The number of nitrogens with one attached hydrogen (secondary N) is 2. The number of carboxylic acid groups (broad SMARTS) is 1. The van der Waals surface area contributed by atoms with Crippen LogP contribution in [0.2, 0.25) is 0 Å². The molecule has 33 heavy (non-hydrogen) atoms. The molecule has 0 atom stereocenters. The van der Waals surface area contributed by atoms with E-state index in [-0.39, 0.29) is 30.1 Å². The zero-order valence-corrected chi connectivity index (χ0v) is 17.3. The lowest BCUT2D eigenvalue weighted by Crippen LogP contribution is -2.10. The summed E-state index contributed by atoms with van der Waals surface area (Å²) in [5.74, 6) is -1.11. The number of phenolic OH excluding ortho intramolecular Hbond substituents is 1. The maximum absolute atomic E-state index is 11.2. The first-order valence-corrected chi connectivity index (χ1v) is 10.0. The standard InChI is InChI=1S/C24H20N4O5/c25-24(26)15-5-6-20-16(10-15)12-21(27-20)19-9-13(4-7-22(29)30)8-18(23(19)31)14-2-1-3-17(11-14)28(32)33/h1-3,5-6,8-12,27,31H,4,7H2,(H3,25,26)(H,29,30). The van der Waals surface area contributed by atoms with Crippen molar-refractivity contribution in [2.24, 2.45) is 5.73 Å². The van der Waals surface area contributed by atoms with Gasteiger partial charge in [-0.2, -0.15) is 0 Å². The second-order valence-electron chi connectivity index (χ2n) is 7.64. The van der Waals surface area contributed by atoms with Crippen molar-refractivity contribution in [3.63, 3.8) is 0 Å². The number of nitro groups is 1. The summed E-state index contributed by atoms with van der Waals surface area (Å²) in [5.41, 5.74) is 9.26. The number of H-pyrrole nitrogens is 1. The van der Waals surface area contributed by atoms with Crippen LogP contribution in [0.1, 0.15) is 17.5 Å². The first-order valence-electron chi connectivity index (χ1n) is 10.0. The van der Waals surface area contributed by atoms with Gasteiger partial charge in [-0.25, -0.2) is 0 Å². The Balaban J connectivity index is 1.89. The highest BCUT2D eigenvalue weighted by Crippen LogP contribution is 2.41. The number of nitrogens with zero attached hydrogens (tertiary/aromatic N) is 1. The van der Waals surface area contributed by atoms with Gasteiger partial charge in [-0.3, -0.25) is 20.3 Å². The topological polar surface area (TPSA) is 166 Å². The second kappa shape index (κ2) is 8.46. The first kappa shape index (κ1) is 21.6. The summed E-state index contributed by atoms with van der Waals surface area (Å²) in [6.45, 7) is 0. The highest BCUT2D eigenvalue weighted by atomic mass is 16.6. The van der Waals surface area contributed by atoms with E-state index >= 15 is 0 Å². The van der Waals surface area contributed by atoms with Gasteiger partial charge in [0, 0.05) is 46.1 Å². The summed E-state index contributed by atoms with van der Waals surface area (Å²) in [6.07, 6.45) is 0.118. The molecule has 4 rings (SSSR count). The van der Waals surface area contributed by atoms with E-state index in [1.54, 1.807) is 42.5 Å². The normalized spacial score (nSPS) is 10.9. The molecule has 0 saturated heterocycles. The Morgan fingerprint density at radius 2 is 1.85 bits per heavy atom. The van der Waals surface area contributed by atoms with Crippen molar-refractivity contribution in [3.05, 3.63) is 81.9 Å². The van der Waals surface area contributed by atoms with Gasteiger partial charge in [-0.1, -0.05) is 12.1 Å². The molecule has 1 aromatic heterocycles. The molecule has 0 aliphatic rings. The maximum atomic E-state index is 11.2. The van der Waals surface area contributed by atoms with E-state index < -0.39 is 10.9 Å². The van der Waals surface area contributed by atoms with Crippen molar-refractivity contribution in [1.82, 2.24) is 4.98 Å². The molecular formula is C24H20N4O5. The number of nitrogen functional groups attached to an aromatic ring is 1. The number of carboxylic acids is 1. The number of aromatic nitrogens is 1. The lowest BCUT2D eigenvalue weighted by Gasteiger charge is -2.13. The summed E-state index contributed by atoms with van der Waals surface area (Å²) in [7, 11) is 0. The Morgan fingerprint density at radius 1 is 1.09 bits per heavy atom. The number of aromatic amines is 1. The fourth-order valence-corrected chi connectivity index (χ4v) is 3.75. The van der Waals surface area contributed by atoms with Gasteiger partial charge in [0.1, 0.15) is 11.6 Å². The molecule has 0 aliphatic heterocycles. The van der Waals surface area contributed by atoms with Gasteiger partial charge in [0.2, 0.25) is 0 Å². The Labute approximate surface area is 187 Å². The van der Waals surface area contributed by atoms with Crippen LogP contribution in [0.5, 0.6) is 5.75 Å². The number of rotatable bonds is 7. The fourth-order valence-electron chi connectivity index (χ4n) is 3.75. The maximum Gasteiger partial charge on any atom is 0.303 e. The van der Waals surface area contributed by atoms with Crippen LogP contribution < -0.4 is 5.73 Å². The minimum Gasteiger partial charge on any atom is -0.507 e. The van der Waals surface area contributed by atoms with Crippen LogP contribution in [0.4, 0.5) is 5.69 Å². The quantitative estimate of drug-likeness (QED) is 0.122. The van der Waals surface area contributed by atoms with Crippen LogP contribution in [-0.4, -0.2) is 31.9 Å². The summed E-state index contributed by atoms with van der Waals surface area (Å²) in [4.78, 5) is 25.1. The third kappa shape index (κ3) is 4.38. The second-order valence-corrected chi connectivity index (χ2v) is 7.64. The lowest BCUT2D eigenvalue weighted by molar-refractivity contribution is -0.384. The largest absolute Gasteiger partial charge is 0.507 e. The molecule has 1 heterocycles. The molecule has 3 aromatic carbocycles. The van der Waals surface area contributed by atoms with E-state index in [2.05, 4.69) is 4.98 Å². The van der Waals surface area contributed by atoms with E-state index in [1.165, 1.54) is 18.2 Å². The number of benzene rings is 3. The predicted molar refractivity (Wildman–Crippen MR) is 124 cm³/mol. The molecule has 0 radical (unpaired) electrons. The zero-order chi connectivity index (χ0) is 23.7. The Morgan fingerprint density at radius 3 is 2.55 bits per heavy atom. The third-order valence-electron chi connectivity index (χ3n) is 5.39. The fraction of sp³-hybridized carbons (Fsp3) is 0.0833. The van der Waals surface area contributed by atoms with Crippen LogP contribution in [0, 0.1) is 15.5 Å². The van der Waals surface area contributed by atoms with E-state index in [4.69, 9.17) is 16.2 Å². The summed E-state index contributed by atoms with van der Waals surface area (Å²) in [5, 5.41) is 39.9. The number of nitrogens with two attached hydrogens (primary N) is 1. The smallest absolute Gasteiger partial charge is 0.303 e. The number of hydrogen-bond acceptors (Lipinski definition) is 5. The van der Waals surface area contributed by atoms with Crippen LogP contribution in [-0.2, 0) is 11.2 Å². The van der Waals surface area contributed by atoms with E-state index in [1.807, 2.05) is 0 Å². The molecule has 0 unspecified atom stereocenters. The molecule has 9 heteroatoms. The number of phenols is 1. The highest BCUT2D eigenvalue weighted by Gasteiger charge is 2.18. The zero-order valence-electron chi connectivity index (χ0n) is 17.3. The van der Waals surface area contributed by atoms with Gasteiger partial charge in [0.05, 0.1) is 10.6 Å². The van der Waals surface area contributed by atoms with Gasteiger partial charge >= 0.3 is 5.97 Å². The number of amidine groups is 1. The van der Waals surface area contributed by atoms with Crippen molar-refractivity contribution in [2.45, 2.75) is 12.8 Å². The van der Waals surface area contributed by atoms with E-state index in [0.29, 0.717) is 33.5 Å². The SMILES string of the molecule is N=C(N)c1ccc2[nH]c(-c3cc(CCC(=O)O)cc(-c4cccc([N+](=O)[O-])c4)c3O)cc2c1. The van der Waals surface area contributed by atoms with Gasteiger partial charge < -0.3 is 20.9 Å². The van der Waals surface area contributed by atoms with Gasteiger partial charge in [0.25, 0.3) is 5.69 Å². The lowest BCUT2D eigenvalue weighted by atomic mass is 9.94. The number of nitro benzene ring substituents is 1. The van der Waals surface area contributed by atoms with Gasteiger partial charge in [-0.05, 0) is 53.9 Å². The summed E-state index contributed by atoms with van der Waals surface area (Å²) < 4.78 is 0. The summed E-state index contributed by atoms with van der Waals surface area (Å²) in [6, 6.07) is 16.3. The number of aryl methyl sites for hydroxylation is 1. The Kier molecular flexibility index (Phi) is 5.53. The van der Waals surface area contributed by atoms with Gasteiger partial charge in [-0.15, -0.1) is 0 Å². The third-order valence-corrected chi connectivity index (χ3v) is 5.39. The molecule has 0 bridgehead atoms. The molecule has 4 aromatic rings. The number of fused-ring (bicyclic) bond motifs is 1. The average molecular weight is 444 g/mol. The molecule has 6 N–H and O–H groups in total. The van der Waals surface area contributed by atoms with Crippen molar-refractivity contribution in [3.8, 4) is 28.1 Å². The number of non-ortho nitro benzene ring substituents is 1. The van der Waals surface area contributed by atoms with Crippen molar-refractivity contribution in [1.29, 1.82) is 5.41 Å². The summed E-state index contributed by atoms with van der Waals surface area (Å²) >= 11 is 0. The minimum absolute atomic E-state index is 0.0638.